The number of halogens is 2. The maximum Gasteiger partial charge on any atom is 0.338 e. The third-order valence-electron chi connectivity index (χ3n) is 3.75. The predicted molar refractivity (Wildman–Crippen MR) is 103 cm³/mol. The lowest BCUT2D eigenvalue weighted by Crippen LogP contribution is -2.31. The lowest BCUT2D eigenvalue weighted by atomic mass is 10.1. The molecule has 0 aromatic heterocycles. The number of hydrogen-bond acceptors (Lipinski definition) is 5. The molecule has 0 bridgehead atoms. The second kappa shape index (κ2) is 9.48. The van der Waals surface area contributed by atoms with Gasteiger partial charge in [0.2, 0.25) is 0 Å². The van der Waals surface area contributed by atoms with Crippen LogP contribution in [0.5, 0.6) is 11.5 Å². The van der Waals surface area contributed by atoms with Crippen molar-refractivity contribution < 1.29 is 23.8 Å². The molecule has 0 aliphatic rings. The maximum absolute atomic E-state index is 12.2. The highest BCUT2D eigenvalue weighted by Gasteiger charge is 2.18. The molecule has 0 unspecified atom stereocenters. The van der Waals surface area contributed by atoms with E-state index in [0.29, 0.717) is 10.8 Å². The molecule has 27 heavy (non-hydrogen) atoms. The summed E-state index contributed by atoms with van der Waals surface area (Å²) < 4.78 is 15.3. The van der Waals surface area contributed by atoms with Crippen LogP contribution in [0.25, 0.3) is 0 Å². The van der Waals surface area contributed by atoms with E-state index in [4.69, 9.17) is 37.4 Å². The monoisotopic (exact) mass is 411 g/mol. The smallest absolute Gasteiger partial charge is 0.338 e. The van der Waals surface area contributed by atoms with Crippen LogP contribution in [-0.4, -0.2) is 32.7 Å². The molecular weight excluding hydrogens is 393 g/mol. The van der Waals surface area contributed by atoms with Crippen molar-refractivity contribution in [2.75, 3.05) is 20.8 Å². The molecule has 2 aromatic rings. The van der Waals surface area contributed by atoms with E-state index in [0.717, 1.165) is 5.56 Å². The molecule has 2 aromatic carbocycles. The largest absolute Gasteiger partial charge is 0.493 e. The zero-order valence-electron chi connectivity index (χ0n) is 15.0. The Morgan fingerprint density at radius 1 is 1.07 bits per heavy atom. The molecule has 8 heteroatoms. The van der Waals surface area contributed by atoms with E-state index in [-0.39, 0.29) is 22.4 Å². The standard InChI is InChI=1S/C19H19Cl2NO5/c1-11(13-6-4-5-7-14(13)20)22-17(23)10-27-19(24)12-8-15(21)18(26-3)16(9-12)25-2/h4-9,11H,10H2,1-3H3,(H,22,23)/t11-/m1/s1. The van der Waals surface area contributed by atoms with Crippen molar-refractivity contribution in [2.45, 2.75) is 13.0 Å². The number of carbonyl (C=O) groups excluding carboxylic acids is 2. The second-order valence-electron chi connectivity index (χ2n) is 5.58. The number of benzene rings is 2. The van der Waals surface area contributed by atoms with Gasteiger partial charge in [0.05, 0.1) is 30.8 Å². The van der Waals surface area contributed by atoms with Crippen molar-refractivity contribution >= 4 is 35.1 Å². The number of rotatable bonds is 7. The van der Waals surface area contributed by atoms with Crippen molar-refractivity contribution in [1.82, 2.24) is 5.32 Å². The van der Waals surface area contributed by atoms with Gasteiger partial charge in [-0.3, -0.25) is 4.79 Å². The summed E-state index contributed by atoms with van der Waals surface area (Å²) in [6.45, 7) is 1.34. The highest BCUT2D eigenvalue weighted by molar-refractivity contribution is 6.32. The van der Waals surface area contributed by atoms with E-state index in [1.165, 1.54) is 26.4 Å². The Morgan fingerprint density at radius 2 is 1.78 bits per heavy atom. The summed E-state index contributed by atoms with van der Waals surface area (Å²) in [5.41, 5.74) is 0.912. The Labute approximate surface area is 167 Å². The van der Waals surface area contributed by atoms with Crippen molar-refractivity contribution in [3.8, 4) is 11.5 Å². The first-order valence-corrected chi connectivity index (χ1v) is 8.75. The maximum atomic E-state index is 12.2. The Balaban J connectivity index is 1.98. The van der Waals surface area contributed by atoms with Crippen molar-refractivity contribution in [3.63, 3.8) is 0 Å². The van der Waals surface area contributed by atoms with E-state index in [9.17, 15) is 9.59 Å². The van der Waals surface area contributed by atoms with E-state index >= 15 is 0 Å². The minimum absolute atomic E-state index is 0.143. The van der Waals surface area contributed by atoms with Crippen molar-refractivity contribution in [1.29, 1.82) is 0 Å². The van der Waals surface area contributed by atoms with E-state index in [1.807, 2.05) is 12.1 Å². The molecule has 0 spiro atoms. The number of hydrogen-bond donors (Lipinski definition) is 1. The first kappa shape index (κ1) is 20.9. The lowest BCUT2D eigenvalue weighted by molar-refractivity contribution is -0.124. The third kappa shape index (κ3) is 5.28. The van der Waals surface area contributed by atoms with Gasteiger partial charge in [-0.2, -0.15) is 0 Å². The van der Waals surface area contributed by atoms with Gasteiger partial charge in [0.25, 0.3) is 5.91 Å². The van der Waals surface area contributed by atoms with E-state index in [1.54, 1.807) is 19.1 Å². The van der Waals surface area contributed by atoms with Crippen molar-refractivity contribution in [2.24, 2.45) is 0 Å². The van der Waals surface area contributed by atoms with Crippen LogP contribution in [0, 0.1) is 0 Å². The van der Waals surface area contributed by atoms with Crippen molar-refractivity contribution in [3.05, 3.63) is 57.6 Å². The summed E-state index contributed by atoms with van der Waals surface area (Å²) in [6.07, 6.45) is 0. The summed E-state index contributed by atoms with van der Waals surface area (Å²) >= 11 is 12.2. The Hall–Kier alpha value is -2.44. The molecule has 0 aliphatic heterocycles. The third-order valence-corrected chi connectivity index (χ3v) is 4.38. The Bertz CT molecular complexity index is 841. The predicted octanol–water partition coefficient (Wildman–Crippen LogP) is 4.04. The van der Waals surface area contributed by atoms with Gasteiger partial charge in [0.15, 0.2) is 18.1 Å². The fourth-order valence-electron chi connectivity index (χ4n) is 2.44. The number of ether oxygens (including phenoxy) is 3. The molecular formula is C19H19Cl2NO5. The highest BCUT2D eigenvalue weighted by atomic mass is 35.5. The highest BCUT2D eigenvalue weighted by Crippen LogP contribution is 2.36. The van der Waals surface area contributed by atoms with Gasteiger partial charge in [0, 0.05) is 5.02 Å². The normalized spacial score (nSPS) is 11.4. The van der Waals surface area contributed by atoms with Crippen LogP contribution in [0.15, 0.2) is 36.4 Å². The number of carbonyl (C=O) groups is 2. The topological polar surface area (TPSA) is 73.9 Å². The summed E-state index contributed by atoms with van der Waals surface area (Å²) in [4.78, 5) is 24.3. The molecule has 0 radical (unpaired) electrons. The fourth-order valence-corrected chi connectivity index (χ4v) is 3.02. The van der Waals surface area contributed by atoms with Gasteiger partial charge in [-0.15, -0.1) is 0 Å². The van der Waals surface area contributed by atoms with Gasteiger partial charge >= 0.3 is 5.97 Å². The molecule has 1 atom stereocenters. The average molecular weight is 412 g/mol. The van der Waals surface area contributed by atoms with Gasteiger partial charge in [-0.05, 0) is 30.7 Å². The second-order valence-corrected chi connectivity index (χ2v) is 6.39. The van der Waals surface area contributed by atoms with Crippen LogP contribution in [0.1, 0.15) is 28.9 Å². The first-order valence-electron chi connectivity index (χ1n) is 7.99. The molecule has 0 saturated heterocycles. The Morgan fingerprint density at radius 3 is 2.41 bits per heavy atom. The summed E-state index contributed by atoms with van der Waals surface area (Å²) in [5, 5.41) is 3.46. The van der Waals surface area contributed by atoms with Crippen LogP contribution in [0.4, 0.5) is 0 Å². The number of nitrogens with one attached hydrogen (secondary N) is 1. The van der Waals surface area contributed by atoms with Gasteiger partial charge in [-0.1, -0.05) is 41.4 Å². The molecule has 0 fully saturated rings. The van der Waals surface area contributed by atoms with Gasteiger partial charge in [0.1, 0.15) is 0 Å². The molecule has 0 heterocycles. The summed E-state index contributed by atoms with van der Waals surface area (Å²) in [7, 11) is 2.86. The summed E-state index contributed by atoms with van der Waals surface area (Å²) in [6, 6.07) is 9.65. The average Bonchev–Trinajstić information content (AvgIpc) is 2.65. The Kier molecular flexibility index (Phi) is 7.33. The van der Waals surface area contributed by atoms with Crippen LogP contribution in [0.2, 0.25) is 10.0 Å². The minimum Gasteiger partial charge on any atom is -0.493 e. The van der Waals surface area contributed by atoms with Crippen LogP contribution in [0.3, 0.4) is 0 Å². The van der Waals surface area contributed by atoms with Gasteiger partial charge in [-0.25, -0.2) is 4.79 Å². The van der Waals surface area contributed by atoms with E-state index in [2.05, 4.69) is 5.32 Å². The zero-order valence-corrected chi connectivity index (χ0v) is 16.6. The molecule has 6 nitrogen and oxygen atoms in total. The number of amides is 1. The van der Waals surface area contributed by atoms with Crippen LogP contribution in [-0.2, 0) is 9.53 Å². The minimum atomic E-state index is -0.710. The summed E-state index contributed by atoms with van der Waals surface area (Å²) in [5.74, 6) is -0.573. The number of esters is 1. The molecule has 2 rings (SSSR count). The lowest BCUT2D eigenvalue weighted by Gasteiger charge is -2.16. The van der Waals surface area contributed by atoms with Crippen LogP contribution >= 0.6 is 23.2 Å². The van der Waals surface area contributed by atoms with Crippen LogP contribution < -0.4 is 14.8 Å². The van der Waals surface area contributed by atoms with Gasteiger partial charge < -0.3 is 19.5 Å². The zero-order chi connectivity index (χ0) is 20.0. The molecule has 144 valence electrons. The quantitative estimate of drug-likeness (QED) is 0.695. The molecule has 0 aliphatic carbocycles. The molecule has 0 saturated carbocycles. The SMILES string of the molecule is COc1cc(C(=O)OCC(=O)N[C@H](C)c2ccccc2Cl)cc(Cl)c1OC. The number of methoxy groups -OCH3 is 2. The first-order chi connectivity index (χ1) is 12.9. The molecule has 1 N–H and O–H groups in total. The fraction of sp³-hybridized carbons (Fsp3) is 0.263. The molecule has 1 amide bonds. The van der Waals surface area contributed by atoms with E-state index < -0.39 is 18.5 Å².